The van der Waals surface area contributed by atoms with Crippen LogP contribution in [0.5, 0.6) is 0 Å². The fraction of sp³-hybridized carbons (Fsp3) is 0. The monoisotopic (exact) mass is 777 g/mol. The summed E-state index contributed by atoms with van der Waals surface area (Å²) in [6, 6.07) is 85.9. The first-order valence-corrected chi connectivity index (χ1v) is 20.9. The van der Waals surface area contributed by atoms with E-state index in [9.17, 15) is 0 Å². The largest absolute Gasteiger partial charge is 0.310 e. The zero-order valence-corrected chi connectivity index (χ0v) is 33.4. The lowest BCUT2D eigenvalue weighted by Crippen LogP contribution is -2.09. The molecule has 10 aromatic carbocycles. The third-order valence-corrected chi connectivity index (χ3v) is 12.3. The predicted molar refractivity (Wildman–Crippen MR) is 258 cm³/mol. The van der Waals surface area contributed by atoms with E-state index in [1.165, 1.54) is 88.0 Å². The van der Waals surface area contributed by atoms with Gasteiger partial charge < -0.3 is 14.0 Å². The van der Waals surface area contributed by atoms with Gasteiger partial charge in [-0.15, -0.1) is 0 Å². The molecule has 286 valence electrons. The number of fused-ring (bicyclic) bond motifs is 7. The standard InChI is InChI=1S/C58H39N3/c1-3-15-46(16-4-1)60-55-21-11-9-19-51(55)53-38-44(28-35-57(53)60)41-23-30-48(31-24-41)59(50-34-27-40-13-7-8-14-43(40)37-50)49-32-25-42(26-33-49)45-29-36-58-54(39-45)52-20-10-12-22-56(52)61(58)47-17-5-2-6-18-47/h1-39H. The van der Waals surface area contributed by atoms with Crippen molar-refractivity contribution in [3.63, 3.8) is 0 Å². The Hall–Kier alpha value is -8.14. The average Bonchev–Trinajstić information content (AvgIpc) is 3.85. The van der Waals surface area contributed by atoms with Gasteiger partial charge in [-0.3, -0.25) is 0 Å². The number of para-hydroxylation sites is 4. The molecule has 3 heteroatoms. The van der Waals surface area contributed by atoms with Crippen LogP contribution in [0.15, 0.2) is 237 Å². The Kier molecular flexibility index (Phi) is 8.17. The number of anilines is 3. The molecule has 0 aliphatic heterocycles. The van der Waals surface area contributed by atoms with Gasteiger partial charge in [0, 0.05) is 50.0 Å². The quantitative estimate of drug-likeness (QED) is 0.157. The molecule has 12 aromatic rings. The molecule has 12 rings (SSSR count). The van der Waals surface area contributed by atoms with Crippen molar-refractivity contribution in [3.8, 4) is 33.6 Å². The molecule has 0 aliphatic carbocycles. The van der Waals surface area contributed by atoms with Gasteiger partial charge in [0.15, 0.2) is 0 Å². The van der Waals surface area contributed by atoms with Gasteiger partial charge in [0.25, 0.3) is 0 Å². The molecule has 2 aromatic heterocycles. The lowest BCUT2D eigenvalue weighted by atomic mass is 10.0. The van der Waals surface area contributed by atoms with Crippen LogP contribution in [-0.2, 0) is 0 Å². The third kappa shape index (κ3) is 5.90. The summed E-state index contributed by atoms with van der Waals surface area (Å²) in [7, 11) is 0. The number of aromatic nitrogens is 2. The van der Waals surface area contributed by atoms with E-state index in [2.05, 4.69) is 251 Å². The number of hydrogen-bond acceptors (Lipinski definition) is 1. The topological polar surface area (TPSA) is 13.1 Å². The summed E-state index contributed by atoms with van der Waals surface area (Å²) in [5.74, 6) is 0. The van der Waals surface area contributed by atoms with Gasteiger partial charge in [0.1, 0.15) is 0 Å². The van der Waals surface area contributed by atoms with E-state index < -0.39 is 0 Å². The summed E-state index contributed by atoms with van der Waals surface area (Å²) >= 11 is 0. The lowest BCUT2D eigenvalue weighted by molar-refractivity contribution is 1.18. The van der Waals surface area contributed by atoms with E-state index >= 15 is 0 Å². The molecule has 0 unspecified atom stereocenters. The highest BCUT2D eigenvalue weighted by atomic mass is 15.1. The van der Waals surface area contributed by atoms with Crippen molar-refractivity contribution < 1.29 is 0 Å². The maximum absolute atomic E-state index is 2.37. The van der Waals surface area contributed by atoms with Crippen LogP contribution >= 0.6 is 0 Å². The summed E-state index contributed by atoms with van der Waals surface area (Å²) in [6.07, 6.45) is 0. The van der Waals surface area contributed by atoms with Gasteiger partial charge in [0.2, 0.25) is 0 Å². The smallest absolute Gasteiger partial charge is 0.0541 e. The number of benzene rings is 10. The van der Waals surface area contributed by atoms with Crippen LogP contribution < -0.4 is 4.90 Å². The van der Waals surface area contributed by atoms with Crippen LogP contribution in [0, 0.1) is 0 Å². The van der Waals surface area contributed by atoms with Crippen molar-refractivity contribution in [2.75, 3.05) is 4.90 Å². The zero-order chi connectivity index (χ0) is 40.3. The SMILES string of the molecule is c1ccc(-n2c3ccccc3c3cc(-c4ccc(N(c5ccc(-c6ccc7c(c6)c6ccccc6n7-c6ccccc6)cc5)c5ccc6ccccc6c5)cc4)ccc32)cc1. The summed E-state index contributed by atoms with van der Waals surface area (Å²) in [4.78, 5) is 2.37. The molecule has 0 amide bonds. The summed E-state index contributed by atoms with van der Waals surface area (Å²) in [5, 5.41) is 7.45. The molecule has 0 N–H and O–H groups in total. The predicted octanol–water partition coefficient (Wildman–Crippen LogP) is 15.8. The third-order valence-electron chi connectivity index (χ3n) is 12.3. The molecule has 3 nitrogen and oxygen atoms in total. The van der Waals surface area contributed by atoms with Crippen LogP contribution in [0.2, 0.25) is 0 Å². The van der Waals surface area contributed by atoms with Gasteiger partial charge in [0.05, 0.1) is 22.1 Å². The van der Waals surface area contributed by atoms with Crippen molar-refractivity contribution in [3.05, 3.63) is 237 Å². The first kappa shape index (κ1) is 34.9. The van der Waals surface area contributed by atoms with E-state index in [4.69, 9.17) is 0 Å². The summed E-state index contributed by atoms with van der Waals surface area (Å²) in [5.41, 5.74) is 15.2. The number of rotatable bonds is 7. The molecular formula is C58H39N3. The van der Waals surface area contributed by atoms with Crippen LogP contribution in [0.4, 0.5) is 17.1 Å². The maximum atomic E-state index is 2.37. The second kappa shape index (κ2) is 14.3. The van der Waals surface area contributed by atoms with Crippen LogP contribution in [-0.4, -0.2) is 9.13 Å². The number of nitrogens with zero attached hydrogens (tertiary/aromatic N) is 3. The Morgan fingerprint density at radius 3 is 1.15 bits per heavy atom. The maximum Gasteiger partial charge on any atom is 0.0541 e. The van der Waals surface area contributed by atoms with Crippen LogP contribution in [0.25, 0.3) is 88.0 Å². The van der Waals surface area contributed by atoms with E-state index in [1.54, 1.807) is 0 Å². The highest BCUT2D eigenvalue weighted by Gasteiger charge is 2.17. The lowest BCUT2D eigenvalue weighted by Gasteiger charge is -2.26. The van der Waals surface area contributed by atoms with Gasteiger partial charge >= 0.3 is 0 Å². The van der Waals surface area contributed by atoms with E-state index in [0.717, 1.165) is 17.1 Å². The fourth-order valence-corrected chi connectivity index (χ4v) is 9.38. The Morgan fingerprint density at radius 2 is 0.639 bits per heavy atom. The van der Waals surface area contributed by atoms with Crippen molar-refractivity contribution in [1.29, 1.82) is 0 Å². The molecular weight excluding hydrogens is 739 g/mol. The van der Waals surface area contributed by atoms with Gasteiger partial charge in [-0.05, 0) is 130 Å². The Bertz CT molecular complexity index is 3360. The summed E-state index contributed by atoms with van der Waals surface area (Å²) in [6.45, 7) is 0. The Labute approximate surface area is 354 Å². The van der Waals surface area contributed by atoms with Crippen molar-refractivity contribution in [2.24, 2.45) is 0 Å². The number of hydrogen-bond donors (Lipinski definition) is 0. The van der Waals surface area contributed by atoms with Gasteiger partial charge in [-0.2, -0.15) is 0 Å². The molecule has 0 saturated heterocycles. The minimum atomic E-state index is 1.10. The highest BCUT2D eigenvalue weighted by Crippen LogP contribution is 2.41. The second-order valence-electron chi connectivity index (χ2n) is 15.8. The first-order valence-electron chi connectivity index (χ1n) is 20.9. The average molecular weight is 778 g/mol. The van der Waals surface area contributed by atoms with Crippen LogP contribution in [0.1, 0.15) is 0 Å². The molecule has 2 heterocycles. The van der Waals surface area contributed by atoms with E-state index in [1.807, 2.05) is 0 Å². The van der Waals surface area contributed by atoms with Crippen molar-refractivity contribution >= 4 is 71.4 Å². The zero-order valence-electron chi connectivity index (χ0n) is 33.4. The normalized spacial score (nSPS) is 11.6. The molecule has 0 fully saturated rings. The minimum Gasteiger partial charge on any atom is -0.310 e. The first-order chi connectivity index (χ1) is 30.2. The molecule has 0 radical (unpaired) electrons. The van der Waals surface area contributed by atoms with E-state index in [0.29, 0.717) is 0 Å². The Balaban J connectivity index is 0.927. The van der Waals surface area contributed by atoms with Gasteiger partial charge in [-0.1, -0.05) is 140 Å². The fourth-order valence-electron chi connectivity index (χ4n) is 9.38. The molecule has 61 heavy (non-hydrogen) atoms. The molecule has 0 spiro atoms. The van der Waals surface area contributed by atoms with Crippen molar-refractivity contribution in [1.82, 2.24) is 9.13 Å². The molecule has 0 bridgehead atoms. The second-order valence-corrected chi connectivity index (χ2v) is 15.8. The van der Waals surface area contributed by atoms with Gasteiger partial charge in [-0.25, -0.2) is 0 Å². The Morgan fingerprint density at radius 1 is 0.246 bits per heavy atom. The minimum absolute atomic E-state index is 1.10. The van der Waals surface area contributed by atoms with Crippen LogP contribution in [0.3, 0.4) is 0 Å². The highest BCUT2D eigenvalue weighted by molar-refractivity contribution is 6.11. The molecule has 0 saturated carbocycles. The van der Waals surface area contributed by atoms with Crippen molar-refractivity contribution in [2.45, 2.75) is 0 Å². The molecule has 0 atom stereocenters. The van der Waals surface area contributed by atoms with E-state index in [-0.39, 0.29) is 0 Å². The molecule has 0 aliphatic rings. The summed E-state index contributed by atoms with van der Waals surface area (Å²) < 4.78 is 4.74.